The van der Waals surface area contributed by atoms with Crippen molar-refractivity contribution in [1.82, 2.24) is 25.1 Å². The van der Waals surface area contributed by atoms with Gasteiger partial charge in [-0.3, -0.25) is 9.59 Å². The van der Waals surface area contributed by atoms with Crippen molar-refractivity contribution in [2.45, 2.75) is 19.3 Å². The van der Waals surface area contributed by atoms with Crippen LogP contribution in [0, 0.1) is 17.5 Å². The Bertz CT molecular complexity index is 1080. The Kier molecular flexibility index (Phi) is 6.23. The maximum Gasteiger partial charge on any atom is 0.334 e. The molecular formula is C22H22F3N5O3. The number of fused-ring (bicyclic) bond motifs is 1. The smallest absolute Gasteiger partial charge is 0.333 e. The SMILES string of the molecule is CN1CC(=O)N2CC(=O)N(Cc3ccc(F)cc3F)CC2N1C(=O)NCc1ccc(F)cc1. The molecule has 1 unspecified atom stereocenters. The van der Waals surface area contributed by atoms with Crippen LogP contribution in [0.3, 0.4) is 0 Å². The van der Waals surface area contributed by atoms with Gasteiger partial charge in [0.1, 0.15) is 30.2 Å². The molecule has 33 heavy (non-hydrogen) atoms. The van der Waals surface area contributed by atoms with Crippen molar-refractivity contribution < 1.29 is 27.6 Å². The van der Waals surface area contributed by atoms with Gasteiger partial charge in [0.15, 0.2) is 0 Å². The average molecular weight is 461 g/mol. The normalized spacial score (nSPS) is 19.0. The van der Waals surface area contributed by atoms with Gasteiger partial charge in [0.05, 0.1) is 13.1 Å². The molecule has 0 saturated carbocycles. The quantitative estimate of drug-likeness (QED) is 0.752. The minimum absolute atomic E-state index is 0.0459. The lowest BCUT2D eigenvalue weighted by Crippen LogP contribution is -2.73. The van der Waals surface area contributed by atoms with Crippen molar-refractivity contribution in [3.8, 4) is 0 Å². The zero-order valence-corrected chi connectivity index (χ0v) is 17.8. The van der Waals surface area contributed by atoms with Gasteiger partial charge >= 0.3 is 6.03 Å². The Balaban J connectivity index is 1.51. The van der Waals surface area contributed by atoms with Crippen molar-refractivity contribution >= 4 is 17.8 Å². The van der Waals surface area contributed by atoms with Crippen molar-refractivity contribution in [2.24, 2.45) is 0 Å². The Morgan fingerprint density at radius 2 is 1.70 bits per heavy atom. The molecule has 174 valence electrons. The highest BCUT2D eigenvalue weighted by Gasteiger charge is 2.45. The van der Waals surface area contributed by atoms with Crippen LogP contribution < -0.4 is 5.32 Å². The number of benzene rings is 2. The first kappa shape index (κ1) is 22.6. The van der Waals surface area contributed by atoms with Crippen molar-refractivity contribution in [3.05, 3.63) is 71.0 Å². The molecule has 8 nitrogen and oxygen atoms in total. The summed E-state index contributed by atoms with van der Waals surface area (Å²) in [7, 11) is 1.58. The highest BCUT2D eigenvalue weighted by Crippen LogP contribution is 2.23. The molecule has 0 aromatic heterocycles. The Labute approximate surface area is 188 Å². The zero-order valence-electron chi connectivity index (χ0n) is 17.8. The standard InChI is InChI=1S/C22H22F3N5O3/c1-27-12-21(32)29-13-20(31)28(10-15-4-7-17(24)8-18(15)25)11-19(29)30(27)22(33)26-9-14-2-5-16(23)6-3-14/h2-8,19H,9-13H2,1H3,(H,26,33). The van der Waals surface area contributed by atoms with Gasteiger partial charge in [-0.15, -0.1) is 0 Å². The molecule has 2 aliphatic heterocycles. The molecule has 2 fully saturated rings. The van der Waals surface area contributed by atoms with Crippen LogP contribution in [0.2, 0.25) is 0 Å². The molecule has 2 aliphatic rings. The predicted molar refractivity (Wildman–Crippen MR) is 110 cm³/mol. The first-order chi connectivity index (χ1) is 15.7. The summed E-state index contributed by atoms with van der Waals surface area (Å²) < 4.78 is 40.5. The lowest BCUT2D eigenvalue weighted by Gasteiger charge is -2.51. The monoisotopic (exact) mass is 461 g/mol. The second-order valence-electron chi connectivity index (χ2n) is 7.96. The van der Waals surface area contributed by atoms with E-state index in [1.54, 1.807) is 19.2 Å². The van der Waals surface area contributed by atoms with E-state index in [9.17, 15) is 27.6 Å². The summed E-state index contributed by atoms with van der Waals surface area (Å²) in [6, 6.07) is 8.26. The van der Waals surface area contributed by atoms with Gasteiger partial charge < -0.3 is 15.1 Å². The molecule has 4 amide bonds. The summed E-state index contributed by atoms with van der Waals surface area (Å²) in [5, 5.41) is 5.53. The molecule has 2 heterocycles. The number of carbonyl (C=O) groups is 3. The molecule has 2 aromatic rings. The lowest BCUT2D eigenvalue weighted by molar-refractivity contribution is -0.178. The third-order valence-corrected chi connectivity index (χ3v) is 5.68. The van der Waals surface area contributed by atoms with Gasteiger partial charge in [0.25, 0.3) is 0 Å². The molecule has 0 radical (unpaired) electrons. The van der Waals surface area contributed by atoms with Gasteiger partial charge in [0.2, 0.25) is 11.8 Å². The Morgan fingerprint density at radius 3 is 2.39 bits per heavy atom. The summed E-state index contributed by atoms with van der Waals surface area (Å²) in [5.74, 6) is -2.61. The van der Waals surface area contributed by atoms with Gasteiger partial charge in [-0.05, 0) is 23.8 Å². The number of hydrogen-bond donors (Lipinski definition) is 1. The summed E-state index contributed by atoms with van der Waals surface area (Å²) in [4.78, 5) is 40.8. The third kappa shape index (κ3) is 4.77. The molecule has 2 saturated heterocycles. The van der Waals surface area contributed by atoms with E-state index in [0.29, 0.717) is 5.56 Å². The van der Waals surface area contributed by atoms with E-state index in [4.69, 9.17) is 0 Å². The van der Waals surface area contributed by atoms with E-state index >= 15 is 0 Å². The fourth-order valence-corrected chi connectivity index (χ4v) is 3.96. The second kappa shape index (κ2) is 9.10. The van der Waals surface area contributed by atoms with Crippen molar-refractivity contribution in [2.75, 3.05) is 26.7 Å². The van der Waals surface area contributed by atoms with Crippen LogP contribution in [-0.2, 0) is 22.7 Å². The molecule has 11 heteroatoms. The number of nitrogens with zero attached hydrogens (tertiary/aromatic N) is 4. The van der Waals surface area contributed by atoms with Crippen LogP contribution in [0.25, 0.3) is 0 Å². The molecule has 0 spiro atoms. The van der Waals surface area contributed by atoms with Gasteiger partial charge in [-0.25, -0.2) is 28.0 Å². The fourth-order valence-electron chi connectivity index (χ4n) is 3.96. The number of rotatable bonds is 4. The van der Waals surface area contributed by atoms with Crippen molar-refractivity contribution in [1.29, 1.82) is 0 Å². The predicted octanol–water partition coefficient (Wildman–Crippen LogP) is 1.67. The molecule has 4 rings (SSSR count). The van der Waals surface area contributed by atoms with Gasteiger partial charge in [-0.1, -0.05) is 18.2 Å². The van der Waals surface area contributed by atoms with Crippen LogP contribution in [0.5, 0.6) is 0 Å². The molecular weight excluding hydrogens is 439 g/mol. The molecule has 1 N–H and O–H groups in total. The molecule has 2 aromatic carbocycles. The minimum atomic E-state index is -0.800. The molecule has 0 aliphatic carbocycles. The summed E-state index contributed by atoms with van der Waals surface area (Å²) >= 11 is 0. The number of amides is 4. The highest BCUT2D eigenvalue weighted by atomic mass is 19.1. The van der Waals surface area contributed by atoms with E-state index in [-0.39, 0.29) is 50.0 Å². The summed E-state index contributed by atoms with van der Waals surface area (Å²) in [5.41, 5.74) is 0.811. The number of nitrogens with one attached hydrogen (secondary N) is 1. The van der Waals surface area contributed by atoms with Crippen LogP contribution in [0.15, 0.2) is 42.5 Å². The minimum Gasteiger partial charge on any atom is -0.333 e. The number of halogens is 3. The number of urea groups is 1. The average Bonchev–Trinajstić information content (AvgIpc) is 2.76. The van der Waals surface area contributed by atoms with Gasteiger partial charge in [-0.2, -0.15) is 0 Å². The Morgan fingerprint density at radius 1 is 1.00 bits per heavy atom. The summed E-state index contributed by atoms with van der Waals surface area (Å²) in [6.45, 7) is -0.399. The highest BCUT2D eigenvalue weighted by molar-refractivity contribution is 5.89. The number of likely N-dealkylation sites (N-methyl/N-ethyl adjacent to an activating group) is 1. The fraction of sp³-hybridized carbons (Fsp3) is 0.318. The number of hydrogen-bond acceptors (Lipinski definition) is 4. The van der Waals surface area contributed by atoms with Crippen LogP contribution in [0.1, 0.15) is 11.1 Å². The Hall–Kier alpha value is -3.60. The van der Waals surface area contributed by atoms with Crippen LogP contribution >= 0.6 is 0 Å². The first-order valence-corrected chi connectivity index (χ1v) is 10.3. The molecule has 0 bridgehead atoms. The van der Waals surface area contributed by atoms with E-state index in [0.717, 1.165) is 12.1 Å². The number of carbonyl (C=O) groups excluding carboxylic acids is 3. The van der Waals surface area contributed by atoms with E-state index in [2.05, 4.69) is 5.32 Å². The second-order valence-corrected chi connectivity index (χ2v) is 7.96. The van der Waals surface area contributed by atoms with E-state index < -0.39 is 29.7 Å². The topological polar surface area (TPSA) is 76.2 Å². The van der Waals surface area contributed by atoms with E-state index in [1.165, 1.54) is 38.0 Å². The largest absolute Gasteiger partial charge is 0.334 e. The van der Waals surface area contributed by atoms with Gasteiger partial charge in [0, 0.05) is 31.8 Å². The number of hydrazine groups is 1. The number of piperazine rings is 1. The van der Waals surface area contributed by atoms with Crippen LogP contribution in [-0.4, -0.2) is 70.5 Å². The first-order valence-electron chi connectivity index (χ1n) is 10.3. The third-order valence-electron chi connectivity index (χ3n) is 5.68. The van der Waals surface area contributed by atoms with Crippen LogP contribution in [0.4, 0.5) is 18.0 Å². The lowest BCUT2D eigenvalue weighted by atomic mass is 10.1. The van der Waals surface area contributed by atoms with E-state index in [1.807, 2.05) is 0 Å². The zero-order chi connectivity index (χ0) is 23.7. The maximum absolute atomic E-state index is 14.1. The molecule has 1 atom stereocenters. The van der Waals surface area contributed by atoms with Crippen molar-refractivity contribution in [3.63, 3.8) is 0 Å². The maximum atomic E-state index is 14.1. The summed E-state index contributed by atoms with van der Waals surface area (Å²) in [6.07, 6.45) is -0.800.